The molecule has 3 aromatic carbocycles. The van der Waals surface area contributed by atoms with Gasteiger partial charge in [0.25, 0.3) is 0 Å². The van der Waals surface area contributed by atoms with E-state index in [-0.39, 0.29) is 16.5 Å². The Labute approximate surface area is 206 Å². The van der Waals surface area contributed by atoms with Gasteiger partial charge < -0.3 is 5.32 Å². The maximum atomic E-state index is 13.3. The third-order valence-corrected chi connectivity index (χ3v) is 7.61. The van der Waals surface area contributed by atoms with Gasteiger partial charge in [0.05, 0.1) is 21.5 Å². The summed E-state index contributed by atoms with van der Waals surface area (Å²) in [7, 11) is -4.03. The standard InChI is InChI=1S/C22H18Cl4N2O3S/c1-14-10-17(24)5-9-21(14)27-22(29)13-28(12-15-2-8-19(25)20(26)11-15)32(30,31)18-6-3-16(23)4-7-18/h2-11H,12-13H2,1H3,(H,27,29). The van der Waals surface area contributed by atoms with Gasteiger partial charge in [-0.3, -0.25) is 4.79 Å². The van der Waals surface area contributed by atoms with Crippen molar-refractivity contribution in [2.24, 2.45) is 0 Å². The molecule has 1 N–H and O–H groups in total. The molecule has 0 aliphatic carbocycles. The van der Waals surface area contributed by atoms with Crippen molar-refractivity contribution in [2.75, 3.05) is 11.9 Å². The highest BCUT2D eigenvalue weighted by Crippen LogP contribution is 2.26. The Kier molecular flexibility index (Phi) is 8.09. The summed E-state index contributed by atoms with van der Waals surface area (Å²) in [6.45, 7) is 1.28. The number of aryl methyl sites for hydroxylation is 1. The molecule has 3 aromatic rings. The first-order valence-corrected chi connectivity index (χ1v) is 12.3. The zero-order valence-corrected chi connectivity index (χ0v) is 20.6. The lowest BCUT2D eigenvalue weighted by atomic mass is 10.2. The van der Waals surface area contributed by atoms with Crippen LogP contribution in [-0.4, -0.2) is 25.2 Å². The van der Waals surface area contributed by atoms with Gasteiger partial charge in [-0.05, 0) is 72.6 Å². The van der Waals surface area contributed by atoms with Crippen LogP contribution in [0.3, 0.4) is 0 Å². The first kappa shape index (κ1) is 24.8. The number of hydrogen-bond acceptors (Lipinski definition) is 3. The molecule has 3 rings (SSSR count). The molecule has 0 radical (unpaired) electrons. The summed E-state index contributed by atoms with van der Waals surface area (Å²) < 4.78 is 27.7. The van der Waals surface area contributed by atoms with E-state index in [4.69, 9.17) is 46.4 Å². The second-order valence-electron chi connectivity index (χ2n) is 6.98. The fraction of sp³-hybridized carbons (Fsp3) is 0.136. The quantitative estimate of drug-likeness (QED) is 0.381. The van der Waals surface area contributed by atoms with E-state index in [0.29, 0.717) is 26.3 Å². The zero-order chi connectivity index (χ0) is 23.5. The summed E-state index contributed by atoms with van der Waals surface area (Å²) in [5, 5.41) is 4.30. The van der Waals surface area contributed by atoms with Crippen LogP contribution in [0.5, 0.6) is 0 Å². The molecular formula is C22H18Cl4N2O3S. The van der Waals surface area contributed by atoms with Crippen molar-refractivity contribution in [2.45, 2.75) is 18.4 Å². The Bertz CT molecular complexity index is 1250. The molecule has 10 heteroatoms. The fourth-order valence-corrected chi connectivity index (χ4v) is 5.00. The van der Waals surface area contributed by atoms with Crippen LogP contribution in [-0.2, 0) is 21.4 Å². The zero-order valence-electron chi connectivity index (χ0n) is 16.8. The lowest BCUT2D eigenvalue weighted by molar-refractivity contribution is -0.116. The van der Waals surface area contributed by atoms with Crippen molar-refractivity contribution in [3.8, 4) is 0 Å². The van der Waals surface area contributed by atoms with Crippen molar-refractivity contribution >= 4 is 68.0 Å². The number of benzene rings is 3. The normalized spacial score (nSPS) is 11.6. The molecule has 0 bridgehead atoms. The first-order valence-electron chi connectivity index (χ1n) is 9.32. The monoisotopic (exact) mass is 530 g/mol. The minimum atomic E-state index is -4.03. The number of carbonyl (C=O) groups is 1. The molecule has 168 valence electrons. The lowest BCUT2D eigenvalue weighted by Gasteiger charge is -2.22. The SMILES string of the molecule is Cc1cc(Cl)ccc1NC(=O)CN(Cc1ccc(Cl)c(Cl)c1)S(=O)(=O)c1ccc(Cl)cc1. The first-order chi connectivity index (χ1) is 15.1. The Morgan fingerprint density at radius 2 is 1.53 bits per heavy atom. The van der Waals surface area contributed by atoms with E-state index in [1.807, 2.05) is 0 Å². The molecule has 0 unspecified atom stereocenters. The highest BCUT2D eigenvalue weighted by Gasteiger charge is 2.27. The number of sulfonamides is 1. The van der Waals surface area contributed by atoms with E-state index in [0.717, 1.165) is 9.87 Å². The number of halogens is 4. The Hall–Kier alpha value is -1.80. The van der Waals surface area contributed by atoms with Crippen LogP contribution in [0.4, 0.5) is 5.69 Å². The predicted octanol–water partition coefficient (Wildman–Crippen LogP) is 6.44. The predicted molar refractivity (Wildman–Crippen MR) is 130 cm³/mol. The minimum Gasteiger partial charge on any atom is -0.325 e. The van der Waals surface area contributed by atoms with E-state index < -0.39 is 22.5 Å². The molecule has 0 aromatic heterocycles. The van der Waals surface area contributed by atoms with E-state index in [1.54, 1.807) is 43.3 Å². The van der Waals surface area contributed by atoms with Crippen LogP contribution in [0.2, 0.25) is 20.1 Å². The molecule has 1 amide bonds. The molecule has 0 saturated heterocycles. The summed E-state index contributed by atoms with van der Waals surface area (Å²) in [5.41, 5.74) is 1.87. The number of nitrogens with zero attached hydrogens (tertiary/aromatic N) is 1. The average molecular weight is 532 g/mol. The van der Waals surface area contributed by atoms with Gasteiger partial charge in [0.15, 0.2) is 0 Å². The summed E-state index contributed by atoms with van der Waals surface area (Å²) in [4.78, 5) is 12.8. The number of hydrogen-bond donors (Lipinski definition) is 1. The summed E-state index contributed by atoms with van der Waals surface area (Å²) >= 11 is 23.9. The Morgan fingerprint density at radius 1 is 0.875 bits per heavy atom. The van der Waals surface area contributed by atoms with Crippen LogP contribution in [0.15, 0.2) is 65.6 Å². The van der Waals surface area contributed by atoms with Crippen LogP contribution >= 0.6 is 46.4 Å². The van der Waals surface area contributed by atoms with Gasteiger partial charge in [0.2, 0.25) is 15.9 Å². The van der Waals surface area contributed by atoms with Gasteiger partial charge in [-0.1, -0.05) is 52.5 Å². The number of rotatable bonds is 7. The number of amides is 1. The molecule has 0 fully saturated rings. The van der Waals surface area contributed by atoms with Crippen molar-refractivity contribution in [3.63, 3.8) is 0 Å². The van der Waals surface area contributed by atoms with Crippen molar-refractivity contribution in [1.82, 2.24) is 4.31 Å². The molecular weight excluding hydrogens is 514 g/mol. The number of nitrogens with one attached hydrogen (secondary N) is 1. The molecule has 5 nitrogen and oxygen atoms in total. The average Bonchev–Trinajstić information content (AvgIpc) is 2.72. The second kappa shape index (κ2) is 10.4. The molecule has 0 heterocycles. The van der Waals surface area contributed by atoms with E-state index >= 15 is 0 Å². The van der Waals surface area contributed by atoms with Crippen LogP contribution < -0.4 is 5.32 Å². The Balaban J connectivity index is 1.90. The Morgan fingerprint density at radius 3 is 2.16 bits per heavy atom. The van der Waals surface area contributed by atoms with Gasteiger partial charge in [0, 0.05) is 22.3 Å². The highest BCUT2D eigenvalue weighted by atomic mass is 35.5. The van der Waals surface area contributed by atoms with Gasteiger partial charge in [0.1, 0.15) is 0 Å². The molecule has 0 atom stereocenters. The van der Waals surface area contributed by atoms with Crippen molar-refractivity contribution in [1.29, 1.82) is 0 Å². The van der Waals surface area contributed by atoms with E-state index in [9.17, 15) is 13.2 Å². The molecule has 0 saturated carbocycles. The number of carbonyl (C=O) groups excluding carboxylic acids is 1. The second-order valence-corrected chi connectivity index (χ2v) is 10.6. The van der Waals surface area contributed by atoms with E-state index in [2.05, 4.69) is 5.32 Å². The topological polar surface area (TPSA) is 66.5 Å². The third-order valence-electron chi connectivity index (χ3n) is 4.58. The highest BCUT2D eigenvalue weighted by molar-refractivity contribution is 7.89. The van der Waals surface area contributed by atoms with Crippen LogP contribution in [0, 0.1) is 6.92 Å². The maximum Gasteiger partial charge on any atom is 0.243 e. The van der Waals surface area contributed by atoms with Crippen LogP contribution in [0.1, 0.15) is 11.1 Å². The molecule has 32 heavy (non-hydrogen) atoms. The summed E-state index contributed by atoms with van der Waals surface area (Å²) in [6, 6.07) is 15.5. The maximum absolute atomic E-state index is 13.3. The van der Waals surface area contributed by atoms with Crippen molar-refractivity contribution < 1.29 is 13.2 Å². The van der Waals surface area contributed by atoms with Crippen molar-refractivity contribution in [3.05, 3.63) is 91.9 Å². The van der Waals surface area contributed by atoms with Gasteiger partial charge in [-0.25, -0.2) is 8.42 Å². The van der Waals surface area contributed by atoms with Gasteiger partial charge >= 0.3 is 0 Å². The lowest BCUT2D eigenvalue weighted by Crippen LogP contribution is -2.37. The van der Waals surface area contributed by atoms with Gasteiger partial charge in [-0.15, -0.1) is 0 Å². The molecule has 0 aliphatic heterocycles. The smallest absolute Gasteiger partial charge is 0.243 e. The van der Waals surface area contributed by atoms with Crippen LogP contribution in [0.25, 0.3) is 0 Å². The third kappa shape index (κ3) is 6.16. The fourth-order valence-electron chi connectivity index (χ4n) is 2.94. The summed E-state index contributed by atoms with van der Waals surface area (Å²) in [5.74, 6) is -0.506. The largest absolute Gasteiger partial charge is 0.325 e. The van der Waals surface area contributed by atoms with Gasteiger partial charge in [-0.2, -0.15) is 4.31 Å². The minimum absolute atomic E-state index is 0.0115. The summed E-state index contributed by atoms with van der Waals surface area (Å²) in [6.07, 6.45) is 0. The van der Waals surface area contributed by atoms with E-state index in [1.165, 1.54) is 24.3 Å². The molecule has 0 spiro atoms. The molecule has 0 aliphatic rings. The number of anilines is 1.